The molecule has 0 aliphatic carbocycles. The number of fused-ring (bicyclic) bond motifs is 2. The van der Waals surface area contributed by atoms with Crippen molar-refractivity contribution in [3.05, 3.63) is 58.0 Å². The maximum absolute atomic E-state index is 6.30. The van der Waals surface area contributed by atoms with Gasteiger partial charge in [-0.1, -0.05) is 51.8 Å². The van der Waals surface area contributed by atoms with E-state index in [1.54, 1.807) is 0 Å². The van der Waals surface area contributed by atoms with Crippen LogP contribution in [0.5, 0.6) is 11.5 Å². The summed E-state index contributed by atoms with van der Waals surface area (Å²) in [5.41, 5.74) is 2.28. The Bertz CT molecular complexity index is 826. The Morgan fingerprint density at radius 1 is 0.895 bits per heavy atom. The second kappa shape index (κ2) is 3.99. The first-order chi connectivity index (χ1) is 9.24. The predicted molar refractivity (Wildman–Crippen MR) is 82.2 cm³/mol. The van der Waals surface area contributed by atoms with Gasteiger partial charge in [0.05, 0.1) is 0 Å². The maximum Gasteiger partial charge on any atom is 0.137 e. The fraction of sp³-hybridized carbons (Fsp3) is 0. The molecule has 0 bridgehead atoms. The molecule has 4 rings (SSSR count). The average molecular weight is 332 g/mol. The first-order valence-electron chi connectivity index (χ1n) is 5.93. The van der Waals surface area contributed by atoms with Gasteiger partial charge in [-0.2, -0.15) is 0 Å². The second-order valence-electron chi connectivity index (χ2n) is 4.52. The predicted octanol–water partition coefficient (Wildman–Crippen LogP) is 6.03. The van der Waals surface area contributed by atoms with Crippen molar-refractivity contribution in [2.45, 2.75) is 0 Å². The third-order valence-corrected chi connectivity index (χ3v) is 4.17. The second-order valence-corrected chi connectivity index (χ2v) is 5.84. The summed E-state index contributed by atoms with van der Waals surface area (Å²) in [7, 11) is 0. The minimum Gasteiger partial charge on any atom is -0.456 e. The van der Waals surface area contributed by atoms with E-state index in [2.05, 4.69) is 28.1 Å². The van der Waals surface area contributed by atoms with E-state index < -0.39 is 0 Å². The number of ether oxygens (including phenoxy) is 1. The van der Waals surface area contributed by atoms with Gasteiger partial charge in [-0.3, -0.25) is 0 Å². The van der Waals surface area contributed by atoms with E-state index >= 15 is 0 Å². The van der Waals surface area contributed by atoms with Crippen LogP contribution in [0.25, 0.3) is 21.9 Å². The van der Waals surface area contributed by atoms with Crippen molar-refractivity contribution in [2.75, 3.05) is 0 Å². The molecule has 1 aliphatic heterocycles. The summed E-state index contributed by atoms with van der Waals surface area (Å²) in [5, 5.41) is 2.83. The molecule has 0 N–H and O–H groups in total. The van der Waals surface area contributed by atoms with E-state index in [-0.39, 0.29) is 0 Å². The SMILES string of the molecule is Clc1ccc2c3c(cc(Br)cc13)Oc1ccccc1-2. The van der Waals surface area contributed by atoms with Crippen molar-refractivity contribution in [2.24, 2.45) is 0 Å². The Balaban J connectivity index is 2.22. The van der Waals surface area contributed by atoms with E-state index in [9.17, 15) is 0 Å². The van der Waals surface area contributed by atoms with Crippen molar-refractivity contribution in [3.8, 4) is 22.6 Å². The van der Waals surface area contributed by atoms with Crippen molar-refractivity contribution in [1.29, 1.82) is 0 Å². The molecule has 1 nitrogen and oxygen atoms in total. The van der Waals surface area contributed by atoms with Gasteiger partial charge in [0.2, 0.25) is 0 Å². The van der Waals surface area contributed by atoms with E-state index in [4.69, 9.17) is 16.3 Å². The molecule has 1 aliphatic rings. The fourth-order valence-corrected chi connectivity index (χ4v) is 3.23. The van der Waals surface area contributed by atoms with Crippen LogP contribution in [-0.2, 0) is 0 Å². The van der Waals surface area contributed by atoms with Gasteiger partial charge in [0.1, 0.15) is 11.5 Å². The Hall–Kier alpha value is -1.51. The van der Waals surface area contributed by atoms with Crippen LogP contribution < -0.4 is 4.74 Å². The highest BCUT2D eigenvalue weighted by atomic mass is 79.9. The zero-order chi connectivity index (χ0) is 13.0. The molecule has 0 aromatic heterocycles. The Morgan fingerprint density at radius 3 is 2.63 bits per heavy atom. The zero-order valence-corrected chi connectivity index (χ0v) is 12.1. The lowest BCUT2D eigenvalue weighted by Crippen LogP contribution is -1.97. The lowest BCUT2D eigenvalue weighted by atomic mass is 9.95. The van der Waals surface area contributed by atoms with Gasteiger partial charge in [-0.15, -0.1) is 0 Å². The standard InChI is InChI=1S/C16H8BrClO/c17-9-7-12-13(18)6-5-11-10-3-1-2-4-14(10)19-15(8-9)16(11)12/h1-8H. The molecular formula is C16H8BrClO. The molecule has 3 aromatic carbocycles. The largest absolute Gasteiger partial charge is 0.456 e. The molecule has 0 radical (unpaired) electrons. The normalized spacial score (nSPS) is 12.1. The number of para-hydroxylation sites is 1. The van der Waals surface area contributed by atoms with Gasteiger partial charge in [-0.25, -0.2) is 0 Å². The van der Waals surface area contributed by atoms with Crippen LogP contribution in [0.1, 0.15) is 0 Å². The first kappa shape index (κ1) is 11.3. The van der Waals surface area contributed by atoms with Crippen LogP contribution in [0.2, 0.25) is 5.02 Å². The molecule has 92 valence electrons. The van der Waals surface area contributed by atoms with Crippen LogP contribution in [-0.4, -0.2) is 0 Å². The lowest BCUT2D eigenvalue weighted by Gasteiger charge is -2.21. The van der Waals surface area contributed by atoms with Crippen LogP contribution in [0.3, 0.4) is 0 Å². The molecule has 3 heteroatoms. The van der Waals surface area contributed by atoms with Crippen molar-refractivity contribution < 1.29 is 4.74 Å². The summed E-state index contributed by atoms with van der Waals surface area (Å²) in [4.78, 5) is 0. The number of hydrogen-bond donors (Lipinski definition) is 0. The van der Waals surface area contributed by atoms with Crippen LogP contribution >= 0.6 is 27.5 Å². The third-order valence-electron chi connectivity index (χ3n) is 3.39. The molecule has 0 saturated carbocycles. The molecule has 0 spiro atoms. The molecule has 3 aromatic rings. The molecule has 0 unspecified atom stereocenters. The van der Waals surface area contributed by atoms with Gasteiger partial charge in [0.25, 0.3) is 0 Å². The smallest absolute Gasteiger partial charge is 0.137 e. The molecule has 0 saturated heterocycles. The van der Waals surface area contributed by atoms with Gasteiger partial charge in [0.15, 0.2) is 0 Å². The highest BCUT2D eigenvalue weighted by molar-refractivity contribution is 9.10. The molecule has 1 heterocycles. The number of halogens is 2. The number of rotatable bonds is 0. The third kappa shape index (κ3) is 1.60. The number of hydrogen-bond acceptors (Lipinski definition) is 1. The van der Waals surface area contributed by atoms with E-state index in [0.717, 1.165) is 37.3 Å². The quantitative estimate of drug-likeness (QED) is 0.382. The van der Waals surface area contributed by atoms with Crippen molar-refractivity contribution in [3.63, 3.8) is 0 Å². The maximum atomic E-state index is 6.30. The zero-order valence-electron chi connectivity index (χ0n) is 9.78. The minimum absolute atomic E-state index is 0.740. The lowest BCUT2D eigenvalue weighted by molar-refractivity contribution is 0.486. The van der Waals surface area contributed by atoms with E-state index in [0.29, 0.717) is 0 Å². The first-order valence-corrected chi connectivity index (χ1v) is 7.10. The van der Waals surface area contributed by atoms with Gasteiger partial charge >= 0.3 is 0 Å². The molecule has 0 fully saturated rings. The summed E-state index contributed by atoms with van der Waals surface area (Å²) < 4.78 is 6.96. The van der Waals surface area contributed by atoms with Crippen LogP contribution in [0.4, 0.5) is 0 Å². The van der Waals surface area contributed by atoms with Gasteiger partial charge in [-0.05, 0) is 29.8 Å². The summed E-state index contributed by atoms with van der Waals surface area (Å²) >= 11 is 9.81. The summed E-state index contributed by atoms with van der Waals surface area (Å²) in [6.07, 6.45) is 0. The summed E-state index contributed by atoms with van der Waals surface area (Å²) in [6.45, 7) is 0. The Labute approximate surface area is 123 Å². The van der Waals surface area contributed by atoms with E-state index in [1.807, 2.05) is 36.4 Å². The highest BCUT2D eigenvalue weighted by Crippen LogP contribution is 2.48. The van der Waals surface area contributed by atoms with Crippen LogP contribution in [0, 0.1) is 0 Å². The molecular weight excluding hydrogens is 324 g/mol. The van der Waals surface area contributed by atoms with Gasteiger partial charge in [0, 0.05) is 25.8 Å². The van der Waals surface area contributed by atoms with Gasteiger partial charge < -0.3 is 4.74 Å². The summed E-state index contributed by atoms with van der Waals surface area (Å²) in [5.74, 6) is 1.73. The molecule has 0 amide bonds. The van der Waals surface area contributed by atoms with Crippen LogP contribution in [0.15, 0.2) is 53.0 Å². The Morgan fingerprint density at radius 2 is 1.74 bits per heavy atom. The fourth-order valence-electron chi connectivity index (χ4n) is 2.58. The molecule has 19 heavy (non-hydrogen) atoms. The highest BCUT2D eigenvalue weighted by Gasteiger charge is 2.20. The monoisotopic (exact) mass is 330 g/mol. The molecule has 0 atom stereocenters. The summed E-state index contributed by atoms with van der Waals surface area (Å²) in [6, 6.07) is 16.1. The average Bonchev–Trinajstić information content (AvgIpc) is 2.41. The number of benzene rings is 3. The van der Waals surface area contributed by atoms with Crippen molar-refractivity contribution in [1.82, 2.24) is 0 Å². The minimum atomic E-state index is 0.740. The topological polar surface area (TPSA) is 9.23 Å². The Kier molecular flexibility index (Phi) is 2.38. The van der Waals surface area contributed by atoms with E-state index in [1.165, 1.54) is 5.56 Å². The van der Waals surface area contributed by atoms with Crippen molar-refractivity contribution >= 4 is 38.3 Å².